The number of likely N-dealkylation sites (tertiary alicyclic amines) is 1. The fourth-order valence-electron chi connectivity index (χ4n) is 3.66. The number of benzene rings is 1. The van der Waals surface area contributed by atoms with Gasteiger partial charge in [-0.05, 0) is 43.9 Å². The van der Waals surface area contributed by atoms with Crippen LogP contribution in [0.4, 0.5) is 0 Å². The molecule has 2 fully saturated rings. The average molecular weight is 308 g/mol. The van der Waals surface area contributed by atoms with Gasteiger partial charge in [-0.2, -0.15) is 0 Å². The minimum atomic E-state index is -0.542. The zero-order chi connectivity index (χ0) is 15.0. The second-order valence-electron chi connectivity index (χ2n) is 6.51. The maximum Gasteiger partial charge on any atom is 0.253 e. The van der Waals surface area contributed by atoms with E-state index >= 15 is 0 Å². The number of hydrogen-bond donors (Lipinski definition) is 1. The minimum absolute atomic E-state index is 0.0320. The third-order valence-corrected chi connectivity index (χ3v) is 5.54. The summed E-state index contributed by atoms with van der Waals surface area (Å²) in [6.07, 6.45) is 4.87. The van der Waals surface area contributed by atoms with E-state index in [4.69, 9.17) is 11.6 Å². The van der Waals surface area contributed by atoms with E-state index in [0.717, 1.165) is 31.2 Å². The van der Waals surface area contributed by atoms with E-state index in [1.54, 1.807) is 6.07 Å². The quantitative estimate of drug-likeness (QED) is 0.863. The highest BCUT2D eigenvalue weighted by molar-refractivity contribution is 6.31. The van der Waals surface area contributed by atoms with Crippen LogP contribution in [0.15, 0.2) is 18.2 Å². The summed E-state index contributed by atoms with van der Waals surface area (Å²) in [7, 11) is 0. The minimum Gasteiger partial charge on any atom is -0.389 e. The third kappa shape index (κ3) is 2.82. The van der Waals surface area contributed by atoms with Crippen molar-refractivity contribution in [3.05, 3.63) is 34.3 Å². The normalized spacial score (nSPS) is 29.1. The smallest absolute Gasteiger partial charge is 0.253 e. The Bertz CT molecular complexity index is 560. The van der Waals surface area contributed by atoms with Gasteiger partial charge < -0.3 is 10.0 Å². The first-order chi connectivity index (χ1) is 9.99. The van der Waals surface area contributed by atoms with Crippen LogP contribution in [0.3, 0.4) is 0 Å². The number of carbonyl (C=O) groups is 1. The van der Waals surface area contributed by atoms with Gasteiger partial charge in [-0.1, -0.05) is 30.5 Å². The molecule has 0 bridgehead atoms. The Morgan fingerprint density at radius 3 is 2.95 bits per heavy atom. The van der Waals surface area contributed by atoms with Crippen LogP contribution < -0.4 is 0 Å². The van der Waals surface area contributed by atoms with Crippen LogP contribution in [0.25, 0.3) is 0 Å². The Balaban J connectivity index is 1.75. The summed E-state index contributed by atoms with van der Waals surface area (Å²) in [5.74, 6) is 0.259. The van der Waals surface area contributed by atoms with Gasteiger partial charge >= 0.3 is 0 Å². The first kappa shape index (κ1) is 14.9. The van der Waals surface area contributed by atoms with E-state index in [0.29, 0.717) is 30.1 Å². The number of rotatable bonds is 1. The average Bonchev–Trinajstić information content (AvgIpc) is 2.48. The molecule has 1 N–H and O–H groups in total. The summed E-state index contributed by atoms with van der Waals surface area (Å²) in [6, 6.07) is 5.47. The zero-order valence-corrected chi connectivity index (χ0v) is 13.2. The Morgan fingerprint density at radius 1 is 1.38 bits per heavy atom. The van der Waals surface area contributed by atoms with Crippen LogP contribution in [0.5, 0.6) is 0 Å². The molecule has 1 amide bonds. The Morgan fingerprint density at radius 2 is 2.19 bits per heavy atom. The standard InChI is InChI=1S/C17H22ClNO2/c1-12-5-6-13(10-15(12)18)16(20)19-9-8-17(21)7-3-2-4-14(17)11-19/h5-6,10,14,21H,2-4,7-9,11H2,1H3. The molecule has 3 nitrogen and oxygen atoms in total. The summed E-state index contributed by atoms with van der Waals surface area (Å²) in [4.78, 5) is 14.5. The van der Waals surface area contributed by atoms with Gasteiger partial charge in [-0.15, -0.1) is 0 Å². The fourth-order valence-corrected chi connectivity index (χ4v) is 3.84. The van der Waals surface area contributed by atoms with Gasteiger partial charge in [0, 0.05) is 29.6 Å². The lowest BCUT2D eigenvalue weighted by Crippen LogP contribution is -2.54. The molecule has 114 valence electrons. The predicted molar refractivity (Wildman–Crippen MR) is 83.6 cm³/mol. The molecule has 0 aromatic heterocycles. The summed E-state index contributed by atoms with van der Waals surface area (Å²) < 4.78 is 0. The molecule has 1 heterocycles. The van der Waals surface area contributed by atoms with Crippen molar-refractivity contribution in [3.8, 4) is 0 Å². The van der Waals surface area contributed by atoms with Crippen LogP contribution in [-0.2, 0) is 0 Å². The number of nitrogens with zero attached hydrogens (tertiary/aromatic N) is 1. The first-order valence-corrected chi connectivity index (χ1v) is 8.15. The van der Waals surface area contributed by atoms with Crippen molar-refractivity contribution in [1.29, 1.82) is 0 Å². The predicted octanol–water partition coefficient (Wildman–Crippen LogP) is 3.42. The molecular formula is C17H22ClNO2. The summed E-state index contributed by atoms with van der Waals surface area (Å²) in [5, 5.41) is 11.3. The van der Waals surface area contributed by atoms with E-state index in [2.05, 4.69) is 0 Å². The van der Waals surface area contributed by atoms with Crippen molar-refractivity contribution in [2.24, 2.45) is 5.92 Å². The molecule has 1 aliphatic heterocycles. The van der Waals surface area contributed by atoms with E-state index in [1.807, 2.05) is 24.0 Å². The number of halogens is 1. The van der Waals surface area contributed by atoms with Gasteiger partial charge in [0.05, 0.1) is 5.60 Å². The van der Waals surface area contributed by atoms with Crippen LogP contribution in [0.2, 0.25) is 5.02 Å². The summed E-state index contributed by atoms with van der Waals surface area (Å²) >= 11 is 6.12. The number of aryl methyl sites for hydroxylation is 1. The van der Waals surface area contributed by atoms with Crippen LogP contribution >= 0.6 is 11.6 Å². The third-order valence-electron chi connectivity index (χ3n) is 5.13. The van der Waals surface area contributed by atoms with Crippen LogP contribution in [0, 0.1) is 12.8 Å². The zero-order valence-electron chi connectivity index (χ0n) is 12.4. The van der Waals surface area contributed by atoms with Crippen molar-refractivity contribution < 1.29 is 9.90 Å². The van der Waals surface area contributed by atoms with Crippen molar-refractivity contribution in [1.82, 2.24) is 4.90 Å². The highest BCUT2D eigenvalue weighted by atomic mass is 35.5. The van der Waals surface area contributed by atoms with Gasteiger partial charge in [-0.3, -0.25) is 4.79 Å². The number of piperidine rings is 1. The molecule has 3 rings (SSSR count). The largest absolute Gasteiger partial charge is 0.389 e. The molecule has 0 radical (unpaired) electrons. The second kappa shape index (κ2) is 5.62. The Labute approximate surface area is 130 Å². The van der Waals surface area contributed by atoms with Crippen molar-refractivity contribution in [2.75, 3.05) is 13.1 Å². The molecular weight excluding hydrogens is 286 g/mol. The lowest BCUT2D eigenvalue weighted by atomic mass is 9.71. The van der Waals surface area contributed by atoms with Gasteiger partial charge in [-0.25, -0.2) is 0 Å². The van der Waals surface area contributed by atoms with Gasteiger partial charge in [0.25, 0.3) is 5.91 Å². The molecule has 1 saturated carbocycles. The number of amides is 1. The topological polar surface area (TPSA) is 40.5 Å². The van der Waals surface area contributed by atoms with E-state index in [1.165, 1.54) is 0 Å². The molecule has 1 saturated heterocycles. The molecule has 0 spiro atoms. The molecule has 1 aromatic carbocycles. The van der Waals surface area contributed by atoms with E-state index in [-0.39, 0.29) is 11.8 Å². The molecule has 1 aromatic rings. The lowest BCUT2D eigenvalue weighted by Gasteiger charge is -2.47. The molecule has 2 aliphatic rings. The number of fused-ring (bicyclic) bond motifs is 1. The lowest BCUT2D eigenvalue weighted by molar-refractivity contribution is -0.0886. The summed E-state index contributed by atoms with van der Waals surface area (Å²) in [5.41, 5.74) is 1.08. The fraction of sp³-hybridized carbons (Fsp3) is 0.588. The van der Waals surface area contributed by atoms with Crippen molar-refractivity contribution in [2.45, 2.75) is 44.6 Å². The maximum atomic E-state index is 12.6. The monoisotopic (exact) mass is 307 g/mol. The highest BCUT2D eigenvalue weighted by Crippen LogP contribution is 2.40. The van der Waals surface area contributed by atoms with Crippen molar-refractivity contribution in [3.63, 3.8) is 0 Å². The molecule has 2 unspecified atom stereocenters. The van der Waals surface area contributed by atoms with E-state index in [9.17, 15) is 9.90 Å². The summed E-state index contributed by atoms with van der Waals surface area (Å²) in [6.45, 7) is 3.23. The van der Waals surface area contributed by atoms with Crippen molar-refractivity contribution >= 4 is 17.5 Å². The molecule has 21 heavy (non-hydrogen) atoms. The second-order valence-corrected chi connectivity index (χ2v) is 6.92. The molecule has 1 aliphatic carbocycles. The van der Waals surface area contributed by atoms with Crippen LogP contribution in [-0.4, -0.2) is 34.6 Å². The number of hydrogen-bond acceptors (Lipinski definition) is 2. The Hall–Kier alpha value is -1.06. The highest BCUT2D eigenvalue weighted by Gasteiger charge is 2.43. The maximum absolute atomic E-state index is 12.6. The molecule has 4 heteroatoms. The van der Waals surface area contributed by atoms with Gasteiger partial charge in [0.2, 0.25) is 0 Å². The van der Waals surface area contributed by atoms with Gasteiger partial charge in [0.15, 0.2) is 0 Å². The number of aliphatic hydroxyl groups is 1. The van der Waals surface area contributed by atoms with Gasteiger partial charge in [0.1, 0.15) is 0 Å². The van der Waals surface area contributed by atoms with Crippen LogP contribution in [0.1, 0.15) is 48.0 Å². The molecule has 2 atom stereocenters. The first-order valence-electron chi connectivity index (χ1n) is 7.77. The number of carbonyl (C=O) groups excluding carboxylic acids is 1. The SMILES string of the molecule is Cc1ccc(C(=O)N2CCC3(O)CCCCC3C2)cc1Cl. The van der Waals surface area contributed by atoms with E-state index < -0.39 is 5.60 Å². The Kier molecular flexibility index (Phi) is 3.98.